The van der Waals surface area contributed by atoms with Crippen molar-refractivity contribution in [3.8, 4) is 0 Å². The molecule has 1 saturated carbocycles. The number of amides is 1. The second kappa shape index (κ2) is 5.57. The fourth-order valence-electron chi connectivity index (χ4n) is 2.62. The van der Waals surface area contributed by atoms with E-state index in [9.17, 15) is 9.90 Å². The Bertz CT molecular complexity index is 378. The van der Waals surface area contributed by atoms with Gasteiger partial charge in [-0.25, -0.2) is 0 Å². The summed E-state index contributed by atoms with van der Waals surface area (Å²) in [5.74, 6) is 0.0933. The zero-order chi connectivity index (χ0) is 13.0. The van der Waals surface area contributed by atoms with Gasteiger partial charge in [-0.15, -0.1) is 0 Å². The predicted octanol–water partition coefficient (Wildman–Crippen LogP) is 2.34. The van der Waals surface area contributed by atoms with Gasteiger partial charge in [0.25, 0.3) is 5.91 Å². The molecule has 0 radical (unpaired) electrons. The number of rotatable bonds is 4. The quantitative estimate of drug-likeness (QED) is 0.863. The largest absolute Gasteiger partial charge is 0.472 e. The summed E-state index contributed by atoms with van der Waals surface area (Å²) in [6.45, 7) is 2.11. The highest BCUT2D eigenvalue weighted by atomic mass is 16.3. The summed E-state index contributed by atoms with van der Waals surface area (Å²) < 4.78 is 4.86. The molecule has 1 aliphatic carbocycles. The van der Waals surface area contributed by atoms with E-state index >= 15 is 0 Å². The van der Waals surface area contributed by atoms with Crippen molar-refractivity contribution < 1.29 is 14.3 Å². The van der Waals surface area contributed by atoms with E-state index in [1.165, 1.54) is 31.8 Å². The van der Waals surface area contributed by atoms with Crippen molar-refractivity contribution in [2.45, 2.75) is 44.6 Å². The maximum absolute atomic E-state index is 11.8. The molecule has 4 nitrogen and oxygen atoms in total. The van der Waals surface area contributed by atoms with Gasteiger partial charge < -0.3 is 14.8 Å². The summed E-state index contributed by atoms with van der Waals surface area (Å²) in [6, 6.07) is 1.62. The first-order chi connectivity index (χ1) is 8.59. The van der Waals surface area contributed by atoms with Crippen LogP contribution in [0, 0.1) is 5.92 Å². The van der Waals surface area contributed by atoms with Crippen LogP contribution >= 0.6 is 0 Å². The first kappa shape index (κ1) is 13.1. The summed E-state index contributed by atoms with van der Waals surface area (Å²) >= 11 is 0. The van der Waals surface area contributed by atoms with Crippen LogP contribution in [0.25, 0.3) is 0 Å². The smallest absolute Gasteiger partial charge is 0.254 e. The SMILES string of the molecule is C[C@](O)(CNC(=O)c1ccoc1)C1CCCCC1. The number of carbonyl (C=O) groups is 1. The van der Waals surface area contributed by atoms with Crippen LogP contribution in [0.1, 0.15) is 49.4 Å². The van der Waals surface area contributed by atoms with E-state index in [-0.39, 0.29) is 11.8 Å². The molecule has 4 heteroatoms. The fraction of sp³-hybridized carbons (Fsp3) is 0.643. The normalized spacial score (nSPS) is 20.3. The highest BCUT2D eigenvalue weighted by Crippen LogP contribution is 2.32. The van der Waals surface area contributed by atoms with E-state index < -0.39 is 5.60 Å². The van der Waals surface area contributed by atoms with E-state index in [1.54, 1.807) is 6.07 Å². The van der Waals surface area contributed by atoms with Crippen LogP contribution < -0.4 is 5.32 Å². The Hall–Kier alpha value is -1.29. The van der Waals surface area contributed by atoms with Crippen molar-refractivity contribution in [1.29, 1.82) is 0 Å². The Morgan fingerprint density at radius 3 is 2.83 bits per heavy atom. The molecule has 1 aromatic heterocycles. The van der Waals surface area contributed by atoms with Gasteiger partial charge in [0, 0.05) is 6.54 Å². The second-order valence-electron chi connectivity index (χ2n) is 5.39. The van der Waals surface area contributed by atoms with Gasteiger partial charge >= 0.3 is 0 Å². The van der Waals surface area contributed by atoms with E-state index in [4.69, 9.17) is 4.42 Å². The molecule has 0 unspecified atom stereocenters. The van der Waals surface area contributed by atoms with Gasteiger partial charge in [0.1, 0.15) is 6.26 Å². The Morgan fingerprint density at radius 2 is 2.22 bits per heavy atom. The minimum atomic E-state index is -0.820. The van der Waals surface area contributed by atoms with Gasteiger partial charge in [-0.05, 0) is 31.7 Å². The number of hydrogen-bond acceptors (Lipinski definition) is 3. The van der Waals surface area contributed by atoms with E-state index in [1.807, 2.05) is 6.92 Å². The summed E-state index contributed by atoms with van der Waals surface area (Å²) in [6.07, 6.45) is 8.59. The zero-order valence-corrected chi connectivity index (χ0v) is 10.8. The lowest BCUT2D eigenvalue weighted by molar-refractivity contribution is -0.0143. The van der Waals surface area contributed by atoms with Gasteiger partial charge in [0.2, 0.25) is 0 Å². The highest BCUT2D eigenvalue weighted by molar-refractivity contribution is 5.93. The lowest BCUT2D eigenvalue weighted by Gasteiger charge is -2.35. The number of carbonyl (C=O) groups excluding carboxylic acids is 1. The number of nitrogens with one attached hydrogen (secondary N) is 1. The third-order valence-electron chi connectivity index (χ3n) is 3.87. The maximum Gasteiger partial charge on any atom is 0.254 e. The lowest BCUT2D eigenvalue weighted by atomic mass is 9.78. The van der Waals surface area contributed by atoms with Crippen LogP contribution in [0.4, 0.5) is 0 Å². The summed E-state index contributed by atoms with van der Waals surface area (Å²) in [5.41, 5.74) is -0.325. The molecule has 0 spiro atoms. The van der Waals surface area contributed by atoms with Crippen LogP contribution in [-0.2, 0) is 0 Å². The van der Waals surface area contributed by atoms with Crippen LogP contribution in [0.15, 0.2) is 23.0 Å². The maximum atomic E-state index is 11.8. The van der Waals surface area contributed by atoms with Gasteiger partial charge in [-0.1, -0.05) is 19.3 Å². The molecule has 1 aromatic rings. The minimum Gasteiger partial charge on any atom is -0.472 e. The average molecular weight is 251 g/mol. The third-order valence-corrected chi connectivity index (χ3v) is 3.87. The van der Waals surface area contributed by atoms with Crippen molar-refractivity contribution in [3.05, 3.63) is 24.2 Å². The summed E-state index contributed by atoms with van der Waals surface area (Å²) in [5, 5.41) is 13.2. The Kier molecular flexibility index (Phi) is 4.07. The summed E-state index contributed by atoms with van der Waals surface area (Å²) in [4.78, 5) is 11.8. The Balaban J connectivity index is 1.86. The molecule has 0 aromatic carbocycles. The average Bonchev–Trinajstić information content (AvgIpc) is 2.91. The predicted molar refractivity (Wildman–Crippen MR) is 68.2 cm³/mol. The third kappa shape index (κ3) is 3.13. The van der Waals surface area contributed by atoms with Crippen molar-refractivity contribution in [3.63, 3.8) is 0 Å². The molecule has 1 heterocycles. The Labute approximate surface area is 107 Å². The lowest BCUT2D eigenvalue weighted by Crippen LogP contribution is -2.46. The Morgan fingerprint density at radius 1 is 1.50 bits per heavy atom. The first-order valence-electron chi connectivity index (χ1n) is 6.62. The molecule has 1 atom stereocenters. The molecule has 18 heavy (non-hydrogen) atoms. The van der Waals surface area contributed by atoms with Gasteiger partial charge in [0.05, 0.1) is 17.4 Å². The number of furan rings is 1. The minimum absolute atomic E-state index is 0.195. The van der Waals surface area contributed by atoms with Crippen LogP contribution in [-0.4, -0.2) is 23.2 Å². The molecule has 100 valence electrons. The zero-order valence-electron chi connectivity index (χ0n) is 10.8. The topological polar surface area (TPSA) is 62.5 Å². The monoisotopic (exact) mass is 251 g/mol. The first-order valence-corrected chi connectivity index (χ1v) is 6.62. The van der Waals surface area contributed by atoms with E-state index in [2.05, 4.69) is 5.32 Å². The van der Waals surface area contributed by atoms with Crippen molar-refractivity contribution in [2.24, 2.45) is 5.92 Å². The molecule has 1 fully saturated rings. The second-order valence-corrected chi connectivity index (χ2v) is 5.39. The van der Waals surface area contributed by atoms with Crippen molar-refractivity contribution in [2.75, 3.05) is 6.54 Å². The molecule has 2 rings (SSSR count). The van der Waals surface area contributed by atoms with Gasteiger partial charge in [-0.3, -0.25) is 4.79 Å². The standard InChI is InChI=1S/C14H21NO3/c1-14(17,12-5-3-2-4-6-12)10-15-13(16)11-7-8-18-9-11/h7-9,12,17H,2-6,10H2,1H3,(H,15,16)/t14-/m0/s1. The molecule has 0 saturated heterocycles. The number of hydrogen-bond donors (Lipinski definition) is 2. The molecule has 0 aliphatic heterocycles. The molecule has 1 amide bonds. The molecular weight excluding hydrogens is 230 g/mol. The number of aliphatic hydroxyl groups is 1. The van der Waals surface area contributed by atoms with Gasteiger partial charge in [-0.2, -0.15) is 0 Å². The van der Waals surface area contributed by atoms with E-state index in [0.717, 1.165) is 12.8 Å². The van der Waals surface area contributed by atoms with Crippen LogP contribution in [0.5, 0.6) is 0 Å². The highest BCUT2D eigenvalue weighted by Gasteiger charge is 2.33. The van der Waals surface area contributed by atoms with Crippen LogP contribution in [0.2, 0.25) is 0 Å². The molecule has 0 bridgehead atoms. The van der Waals surface area contributed by atoms with E-state index in [0.29, 0.717) is 12.1 Å². The van der Waals surface area contributed by atoms with Crippen molar-refractivity contribution in [1.82, 2.24) is 5.32 Å². The molecular formula is C14H21NO3. The molecule has 2 N–H and O–H groups in total. The fourth-order valence-corrected chi connectivity index (χ4v) is 2.62. The summed E-state index contributed by atoms with van der Waals surface area (Å²) in [7, 11) is 0. The van der Waals surface area contributed by atoms with Crippen molar-refractivity contribution >= 4 is 5.91 Å². The molecule has 1 aliphatic rings. The van der Waals surface area contributed by atoms with Crippen LogP contribution in [0.3, 0.4) is 0 Å². The van der Waals surface area contributed by atoms with Gasteiger partial charge in [0.15, 0.2) is 0 Å².